The van der Waals surface area contributed by atoms with E-state index in [1.807, 2.05) is 4.90 Å². The smallest absolute Gasteiger partial charge is 0.223 e. The number of carbonyl (C=O) groups excluding carboxylic acids is 1. The summed E-state index contributed by atoms with van der Waals surface area (Å²) in [6.45, 7) is 6.24. The van der Waals surface area contributed by atoms with Crippen LogP contribution in [-0.2, 0) is 4.79 Å². The Kier molecular flexibility index (Phi) is 5.01. The fraction of sp³-hybridized carbons (Fsp3) is 0.929. The van der Waals surface area contributed by atoms with Gasteiger partial charge >= 0.3 is 0 Å². The summed E-state index contributed by atoms with van der Waals surface area (Å²) in [6, 6.07) is 1.26. The first-order valence-electron chi connectivity index (χ1n) is 7.38. The molecule has 2 aliphatic heterocycles. The minimum absolute atomic E-state index is 0.334. The Morgan fingerprint density at radius 3 is 2.67 bits per heavy atom. The molecule has 1 N–H and O–H groups in total. The van der Waals surface area contributed by atoms with Gasteiger partial charge in [-0.25, -0.2) is 0 Å². The molecule has 2 rings (SSSR count). The predicted octanol–water partition coefficient (Wildman–Crippen LogP) is 1.07. The SMILES string of the molecule is CC1CC(NCCC(=O)N2CCCC2)CCN1C. The molecule has 2 heterocycles. The fourth-order valence-electron chi connectivity index (χ4n) is 2.98. The van der Waals surface area contributed by atoms with Crippen molar-refractivity contribution in [2.75, 3.05) is 33.2 Å². The Hall–Kier alpha value is -0.610. The zero-order chi connectivity index (χ0) is 13.0. The Bertz CT molecular complexity index is 276. The van der Waals surface area contributed by atoms with Gasteiger partial charge in [0.15, 0.2) is 0 Å². The molecule has 0 bridgehead atoms. The summed E-state index contributed by atoms with van der Waals surface area (Å²) in [4.78, 5) is 16.3. The summed E-state index contributed by atoms with van der Waals surface area (Å²) in [5.41, 5.74) is 0. The summed E-state index contributed by atoms with van der Waals surface area (Å²) in [7, 11) is 2.19. The molecule has 18 heavy (non-hydrogen) atoms. The van der Waals surface area contributed by atoms with Crippen LogP contribution in [0.15, 0.2) is 0 Å². The summed E-state index contributed by atoms with van der Waals surface area (Å²) in [5.74, 6) is 0.334. The Labute approximate surface area is 111 Å². The highest BCUT2D eigenvalue weighted by molar-refractivity contribution is 5.76. The molecule has 2 aliphatic rings. The van der Waals surface area contributed by atoms with E-state index in [9.17, 15) is 4.79 Å². The summed E-state index contributed by atoms with van der Waals surface area (Å²) in [6.07, 6.45) is 5.45. The molecule has 4 heteroatoms. The number of hydrogen-bond acceptors (Lipinski definition) is 3. The van der Waals surface area contributed by atoms with Gasteiger partial charge in [-0.3, -0.25) is 4.79 Å². The van der Waals surface area contributed by atoms with E-state index in [-0.39, 0.29) is 0 Å². The van der Waals surface area contributed by atoms with Gasteiger partial charge < -0.3 is 15.1 Å². The average Bonchev–Trinajstić information content (AvgIpc) is 2.87. The topological polar surface area (TPSA) is 35.6 Å². The third-order valence-electron chi connectivity index (χ3n) is 4.44. The van der Waals surface area contributed by atoms with Gasteiger partial charge in [0.2, 0.25) is 5.91 Å². The maximum absolute atomic E-state index is 11.9. The van der Waals surface area contributed by atoms with E-state index in [4.69, 9.17) is 0 Å². The van der Waals surface area contributed by atoms with Crippen molar-refractivity contribution in [3.05, 3.63) is 0 Å². The third kappa shape index (κ3) is 3.69. The molecule has 0 radical (unpaired) electrons. The van der Waals surface area contributed by atoms with Gasteiger partial charge in [0, 0.05) is 38.1 Å². The zero-order valence-corrected chi connectivity index (χ0v) is 11.8. The zero-order valence-electron chi connectivity index (χ0n) is 11.8. The molecular weight excluding hydrogens is 226 g/mol. The molecular formula is C14H27N3O. The first kappa shape index (κ1) is 13.8. The molecule has 0 aromatic rings. The molecule has 104 valence electrons. The van der Waals surface area contributed by atoms with E-state index in [1.54, 1.807) is 0 Å². The van der Waals surface area contributed by atoms with Crippen molar-refractivity contribution < 1.29 is 4.79 Å². The number of nitrogens with one attached hydrogen (secondary N) is 1. The summed E-state index contributed by atoms with van der Waals surface area (Å²) < 4.78 is 0. The minimum Gasteiger partial charge on any atom is -0.343 e. The van der Waals surface area contributed by atoms with E-state index >= 15 is 0 Å². The Morgan fingerprint density at radius 1 is 1.28 bits per heavy atom. The number of carbonyl (C=O) groups is 1. The van der Waals surface area contributed by atoms with Gasteiger partial charge in [-0.2, -0.15) is 0 Å². The molecule has 0 aromatic heterocycles. The Morgan fingerprint density at radius 2 is 2.00 bits per heavy atom. The van der Waals surface area contributed by atoms with Crippen LogP contribution >= 0.6 is 0 Å². The van der Waals surface area contributed by atoms with Crippen LogP contribution in [0.3, 0.4) is 0 Å². The van der Waals surface area contributed by atoms with Crippen LogP contribution in [0.5, 0.6) is 0 Å². The van der Waals surface area contributed by atoms with E-state index in [0.29, 0.717) is 24.4 Å². The van der Waals surface area contributed by atoms with Crippen molar-refractivity contribution in [2.45, 2.75) is 51.1 Å². The van der Waals surface area contributed by atoms with Crippen molar-refractivity contribution in [1.29, 1.82) is 0 Å². The highest BCUT2D eigenvalue weighted by Crippen LogP contribution is 2.15. The van der Waals surface area contributed by atoms with Gasteiger partial charge in [0.25, 0.3) is 0 Å². The number of rotatable bonds is 4. The van der Waals surface area contributed by atoms with Crippen LogP contribution in [0.25, 0.3) is 0 Å². The predicted molar refractivity (Wildman–Crippen MR) is 73.5 cm³/mol. The molecule has 0 aromatic carbocycles. The van der Waals surface area contributed by atoms with Crippen molar-refractivity contribution in [2.24, 2.45) is 0 Å². The highest BCUT2D eigenvalue weighted by Gasteiger charge is 2.23. The lowest BCUT2D eigenvalue weighted by molar-refractivity contribution is -0.130. The molecule has 0 saturated carbocycles. The van der Waals surface area contributed by atoms with Gasteiger partial charge in [-0.1, -0.05) is 0 Å². The van der Waals surface area contributed by atoms with Crippen molar-refractivity contribution in [3.63, 3.8) is 0 Å². The lowest BCUT2D eigenvalue weighted by Gasteiger charge is -2.35. The molecule has 1 amide bonds. The van der Waals surface area contributed by atoms with Crippen LogP contribution in [-0.4, -0.2) is 61.0 Å². The van der Waals surface area contributed by atoms with Gasteiger partial charge in [0.05, 0.1) is 0 Å². The Balaban J connectivity index is 1.61. The molecule has 2 atom stereocenters. The lowest BCUT2D eigenvalue weighted by atomic mass is 9.99. The van der Waals surface area contributed by atoms with E-state index in [1.165, 1.54) is 32.2 Å². The first-order valence-corrected chi connectivity index (χ1v) is 7.38. The second-order valence-corrected chi connectivity index (χ2v) is 5.84. The number of hydrogen-bond donors (Lipinski definition) is 1. The normalized spacial score (nSPS) is 29.8. The van der Waals surface area contributed by atoms with Gasteiger partial charge in [0.1, 0.15) is 0 Å². The van der Waals surface area contributed by atoms with Crippen LogP contribution in [0.2, 0.25) is 0 Å². The number of piperidine rings is 1. The molecule has 0 aliphatic carbocycles. The minimum atomic E-state index is 0.334. The van der Waals surface area contributed by atoms with E-state index in [0.717, 1.165) is 19.6 Å². The van der Waals surface area contributed by atoms with Crippen LogP contribution in [0, 0.1) is 0 Å². The quantitative estimate of drug-likeness (QED) is 0.814. The van der Waals surface area contributed by atoms with Crippen molar-refractivity contribution in [3.8, 4) is 0 Å². The average molecular weight is 253 g/mol. The lowest BCUT2D eigenvalue weighted by Crippen LogP contribution is -2.46. The molecule has 0 spiro atoms. The van der Waals surface area contributed by atoms with E-state index in [2.05, 4.69) is 24.2 Å². The number of likely N-dealkylation sites (tertiary alicyclic amines) is 2. The monoisotopic (exact) mass is 253 g/mol. The second kappa shape index (κ2) is 6.53. The summed E-state index contributed by atoms with van der Waals surface area (Å²) >= 11 is 0. The number of amides is 1. The van der Waals surface area contributed by atoms with Crippen molar-refractivity contribution in [1.82, 2.24) is 15.1 Å². The second-order valence-electron chi connectivity index (χ2n) is 5.84. The largest absolute Gasteiger partial charge is 0.343 e. The van der Waals surface area contributed by atoms with Crippen molar-refractivity contribution >= 4 is 5.91 Å². The standard InChI is InChI=1S/C14H27N3O/c1-12-11-13(6-10-16(12)2)15-7-5-14(18)17-8-3-4-9-17/h12-13,15H,3-11H2,1-2H3. The maximum atomic E-state index is 11.9. The van der Waals surface area contributed by atoms with Gasteiger partial charge in [-0.05, 0) is 46.2 Å². The molecule has 2 fully saturated rings. The maximum Gasteiger partial charge on any atom is 0.223 e. The van der Waals surface area contributed by atoms with Gasteiger partial charge in [-0.15, -0.1) is 0 Å². The van der Waals surface area contributed by atoms with Crippen LogP contribution in [0.4, 0.5) is 0 Å². The fourth-order valence-corrected chi connectivity index (χ4v) is 2.98. The molecule has 4 nitrogen and oxygen atoms in total. The van der Waals surface area contributed by atoms with Crippen LogP contribution < -0.4 is 5.32 Å². The summed E-state index contributed by atoms with van der Waals surface area (Å²) in [5, 5.41) is 3.55. The molecule has 2 unspecified atom stereocenters. The van der Waals surface area contributed by atoms with E-state index < -0.39 is 0 Å². The first-order chi connectivity index (χ1) is 8.66. The molecule has 2 saturated heterocycles. The highest BCUT2D eigenvalue weighted by atomic mass is 16.2. The number of nitrogens with zero attached hydrogens (tertiary/aromatic N) is 2. The third-order valence-corrected chi connectivity index (χ3v) is 4.44. The van der Waals surface area contributed by atoms with Crippen LogP contribution in [0.1, 0.15) is 39.0 Å².